The molecule has 0 amide bonds. The Morgan fingerprint density at radius 3 is 1.20 bits per heavy atom. The van der Waals surface area contributed by atoms with Crippen LogP contribution in [0.5, 0.6) is 0 Å². The average molecular weight is 957 g/mol. The van der Waals surface area contributed by atoms with Gasteiger partial charge in [0.1, 0.15) is 0 Å². The van der Waals surface area contributed by atoms with E-state index in [0.29, 0.717) is 17.5 Å². The van der Waals surface area contributed by atoms with Crippen LogP contribution in [-0.4, -0.2) is 28.7 Å². The van der Waals surface area contributed by atoms with Crippen molar-refractivity contribution in [3.05, 3.63) is 267 Å². The lowest BCUT2D eigenvalue weighted by Crippen LogP contribution is -2.05. The fraction of sp³-hybridized carbons (Fsp3) is 0. The summed E-state index contributed by atoms with van der Waals surface area (Å²) in [5.74, 6) is 1.81. The zero-order chi connectivity index (χ0) is 49.4. The number of hydrogen-bond donors (Lipinski definition) is 0. The third kappa shape index (κ3) is 6.84. The number of nitrogens with zero attached hydrogens (tertiary/aromatic N) is 6. The Hall–Kier alpha value is -10.2. The second-order valence-electron chi connectivity index (χ2n) is 19.1. The van der Waals surface area contributed by atoms with E-state index in [0.717, 1.165) is 88.8 Å². The number of aromatic nitrogens is 6. The van der Waals surface area contributed by atoms with Gasteiger partial charge in [-0.3, -0.25) is 0 Å². The van der Waals surface area contributed by atoms with Crippen LogP contribution in [0.4, 0.5) is 0 Å². The highest BCUT2D eigenvalue weighted by atomic mass is 15.1. The normalized spacial score (nSPS) is 11.7. The molecule has 75 heavy (non-hydrogen) atoms. The lowest BCUT2D eigenvalue weighted by molar-refractivity contribution is 1.06. The molecule has 0 saturated carbocycles. The molecule has 350 valence electrons. The first-order valence-electron chi connectivity index (χ1n) is 25.4. The maximum Gasteiger partial charge on any atom is 0.166 e. The van der Waals surface area contributed by atoms with E-state index in [-0.39, 0.29) is 0 Å². The second kappa shape index (κ2) is 17.3. The maximum absolute atomic E-state index is 5.33. The van der Waals surface area contributed by atoms with E-state index in [9.17, 15) is 0 Å². The third-order valence-corrected chi connectivity index (χ3v) is 14.9. The molecule has 0 spiro atoms. The summed E-state index contributed by atoms with van der Waals surface area (Å²) in [4.78, 5) is 15.8. The quantitative estimate of drug-likeness (QED) is 0.152. The first-order valence-corrected chi connectivity index (χ1v) is 25.4. The van der Waals surface area contributed by atoms with Gasteiger partial charge in [0.2, 0.25) is 0 Å². The van der Waals surface area contributed by atoms with Gasteiger partial charge in [0, 0.05) is 49.0 Å². The number of benzene rings is 11. The zero-order valence-corrected chi connectivity index (χ0v) is 40.6. The highest BCUT2D eigenvalue weighted by Crippen LogP contribution is 2.45. The first-order chi connectivity index (χ1) is 37.2. The summed E-state index contributed by atoms with van der Waals surface area (Å²) in [5, 5.41) is 7.04. The van der Waals surface area contributed by atoms with Crippen molar-refractivity contribution >= 4 is 65.4 Å². The molecular formula is C69H44N6. The second-order valence-corrected chi connectivity index (χ2v) is 19.1. The SMILES string of the molecule is c1ccc(-c2ccc3c4ccc(-c5ccccc5)cc4n(-c4cccc5c4c4cccc(-n6c7ccccc7c7ccccc76)c4n5-c4ccccc4-c4nc(-c5ccccc5)nc(-c5ccccc5)n4)c3c2)cc1. The summed E-state index contributed by atoms with van der Waals surface area (Å²) >= 11 is 0. The Labute approximate surface area is 432 Å². The van der Waals surface area contributed by atoms with E-state index in [1.54, 1.807) is 0 Å². The van der Waals surface area contributed by atoms with Crippen LogP contribution < -0.4 is 0 Å². The standard InChI is InChI=1S/C69H44N6/c1-5-21-45(22-6-1)49-39-41-53-54-42-40-50(46-23-7-2-8-24-46)44-64(54)74(63(53)43-49)60-36-20-37-61-65(60)56-32-19-38-62(73-57-33-16-13-29-51(57)52-30-14-17-34-58(52)73)66(56)75(61)59-35-18-15-31-55(59)69-71-67(47-25-9-3-10-26-47)70-68(72-69)48-27-11-4-12-28-48/h1-44H. The minimum Gasteiger partial charge on any atom is -0.308 e. The smallest absolute Gasteiger partial charge is 0.166 e. The van der Waals surface area contributed by atoms with Gasteiger partial charge in [0.05, 0.1) is 50.2 Å². The van der Waals surface area contributed by atoms with Crippen LogP contribution in [-0.2, 0) is 0 Å². The van der Waals surface area contributed by atoms with Crippen LogP contribution in [0.1, 0.15) is 0 Å². The molecule has 0 bridgehead atoms. The third-order valence-electron chi connectivity index (χ3n) is 14.9. The van der Waals surface area contributed by atoms with Gasteiger partial charge in [-0.05, 0) is 76.9 Å². The molecule has 0 radical (unpaired) electrons. The van der Waals surface area contributed by atoms with Crippen LogP contribution in [0.25, 0.3) is 139 Å². The molecule has 15 rings (SSSR count). The van der Waals surface area contributed by atoms with Crippen molar-refractivity contribution in [2.75, 3.05) is 0 Å². The molecule has 0 aliphatic carbocycles. The van der Waals surface area contributed by atoms with Crippen LogP contribution in [0.2, 0.25) is 0 Å². The molecule has 15 aromatic rings. The van der Waals surface area contributed by atoms with E-state index in [1.807, 2.05) is 36.4 Å². The predicted octanol–water partition coefficient (Wildman–Crippen LogP) is 17.5. The van der Waals surface area contributed by atoms with Crippen LogP contribution >= 0.6 is 0 Å². The number of fused-ring (bicyclic) bond motifs is 9. The molecule has 6 nitrogen and oxygen atoms in total. The Morgan fingerprint density at radius 2 is 0.627 bits per heavy atom. The molecule has 0 saturated heterocycles. The van der Waals surface area contributed by atoms with Gasteiger partial charge in [-0.25, -0.2) is 15.0 Å². The van der Waals surface area contributed by atoms with Crippen LogP contribution in [0.3, 0.4) is 0 Å². The molecule has 4 aromatic heterocycles. The molecule has 11 aromatic carbocycles. The van der Waals surface area contributed by atoms with Crippen LogP contribution in [0.15, 0.2) is 267 Å². The summed E-state index contributed by atoms with van der Waals surface area (Å²) in [5.41, 5.74) is 17.2. The van der Waals surface area contributed by atoms with E-state index >= 15 is 0 Å². The Balaban J connectivity index is 1.08. The van der Waals surface area contributed by atoms with Gasteiger partial charge in [-0.15, -0.1) is 0 Å². The van der Waals surface area contributed by atoms with Crippen LogP contribution in [0, 0.1) is 0 Å². The van der Waals surface area contributed by atoms with Crippen molar-refractivity contribution in [2.45, 2.75) is 0 Å². The van der Waals surface area contributed by atoms with Crippen molar-refractivity contribution < 1.29 is 0 Å². The summed E-state index contributed by atoms with van der Waals surface area (Å²) in [6, 6.07) is 95.5. The Kier molecular flexibility index (Phi) is 9.78. The van der Waals surface area contributed by atoms with Crippen molar-refractivity contribution in [3.8, 4) is 73.5 Å². The topological polar surface area (TPSA) is 53.5 Å². The van der Waals surface area contributed by atoms with Crippen molar-refractivity contribution in [3.63, 3.8) is 0 Å². The molecule has 0 aliphatic rings. The van der Waals surface area contributed by atoms with E-state index in [2.05, 4.69) is 244 Å². The van der Waals surface area contributed by atoms with Gasteiger partial charge in [-0.2, -0.15) is 0 Å². The lowest BCUT2D eigenvalue weighted by Gasteiger charge is -2.17. The summed E-state index contributed by atoms with van der Waals surface area (Å²) in [7, 11) is 0. The molecule has 0 aliphatic heterocycles. The first kappa shape index (κ1) is 42.5. The molecular weight excluding hydrogens is 913 g/mol. The highest BCUT2D eigenvalue weighted by Gasteiger charge is 2.26. The predicted molar refractivity (Wildman–Crippen MR) is 310 cm³/mol. The van der Waals surface area contributed by atoms with Crippen molar-refractivity contribution in [2.24, 2.45) is 0 Å². The monoisotopic (exact) mass is 956 g/mol. The maximum atomic E-state index is 5.33. The van der Waals surface area contributed by atoms with E-state index in [4.69, 9.17) is 15.0 Å². The minimum atomic E-state index is 0.586. The summed E-state index contributed by atoms with van der Waals surface area (Å²) in [6.45, 7) is 0. The van der Waals surface area contributed by atoms with Crippen molar-refractivity contribution in [1.29, 1.82) is 0 Å². The van der Waals surface area contributed by atoms with Crippen molar-refractivity contribution in [1.82, 2.24) is 28.7 Å². The molecule has 4 heterocycles. The largest absolute Gasteiger partial charge is 0.308 e. The van der Waals surface area contributed by atoms with Gasteiger partial charge in [-0.1, -0.05) is 212 Å². The number of para-hydroxylation sites is 4. The fourth-order valence-corrected chi connectivity index (χ4v) is 11.6. The Morgan fingerprint density at radius 1 is 0.227 bits per heavy atom. The van der Waals surface area contributed by atoms with E-state index < -0.39 is 0 Å². The van der Waals surface area contributed by atoms with E-state index in [1.165, 1.54) is 32.7 Å². The van der Waals surface area contributed by atoms with Gasteiger partial charge in [0.25, 0.3) is 0 Å². The fourth-order valence-electron chi connectivity index (χ4n) is 11.6. The molecule has 0 fully saturated rings. The lowest BCUT2D eigenvalue weighted by atomic mass is 10.0. The number of hydrogen-bond acceptors (Lipinski definition) is 3. The Bertz CT molecular complexity index is 4480. The summed E-state index contributed by atoms with van der Waals surface area (Å²) in [6.07, 6.45) is 0. The summed E-state index contributed by atoms with van der Waals surface area (Å²) < 4.78 is 7.43. The minimum absolute atomic E-state index is 0.586. The number of rotatable bonds is 8. The molecule has 6 heteroatoms. The van der Waals surface area contributed by atoms with Gasteiger partial charge < -0.3 is 13.7 Å². The van der Waals surface area contributed by atoms with Gasteiger partial charge in [0.15, 0.2) is 17.5 Å². The highest BCUT2D eigenvalue weighted by molar-refractivity contribution is 6.20. The molecule has 0 N–H and O–H groups in total. The molecule has 0 unspecified atom stereocenters. The van der Waals surface area contributed by atoms with Gasteiger partial charge >= 0.3 is 0 Å². The molecule has 0 atom stereocenters. The average Bonchev–Trinajstić information content (AvgIpc) is 4.18. The zero-order valence-electron chi connectivity index (χ0n) is 40.6.